The SMILES string of the molecule is CCCCc1cc(CCCC)cc(C(=O)OC(COC)C(C)C)c1. The van der Waals surface area contributed by atoms with Crippen molar-refractivity contribution in [3.8, 4) is 0 Å². The van der Waals surface area contributed by atoms with Crippen LogP contribution in [0.15, 0.2) is 18.2 Å². The monoisotopic (exact) mass is 334 g/mol. The highest BCUT2D eigenvalue weighted by molar-refractivity contribution is 5.90. The minimum atomic E-state index is -0.234. The Kier molecular flexibility index (Phi) is 9.70. The molecular weight excluding hydrogens is 300 g/mol. The lowest BCUT2D eigenvalue weighted by Gasteiger charge is -2.21. The van der Waals surface area contributed by atoms with E-state index in [9.17, 15) is 4.79 Å². The standard InChI is InChI=1S/C21H34O3/c1-6-8-10-17-12-18(11-9-7-2)14-19(13-17)21(22)24-20(15-23-5)16(3)4/h12-14,16,20H,6-11,15H2,1-5H3. The fraction of sp³-hybridized carbons (Fsp3) is 0.667. The summed E-state index contributed by atoms with van der Waals surface area (Å²) in [5, 5.41) is 0. The maximum atomic E-state index is 12.6. The molecule has 0 aliphatic heterocycles. The Morgan fingerprint density at radius 2 is 1.54 bits per heavy atom. The summed E-state index contributed by atoms with van der Waals surface area (Å²) in [6, 6.07) is 6.24. The van der Waals surface area contributed by atoms with Gasteiger partial charge in [-0.15, -0.1) is 0 Å². The maximum absolute atomic E-state index is 12.6. The average Bonchev–Trinajstić information content (AvgIpc) is 2.57. The van der Waals surface area contributed by atoms with E-state index in [0.717, 1.165) is 38.5 Å². The van der Waals surface area contributed by atoms with Crippen LogP contribution >= 0.6 is 0 Å². The maximum Gasteiger partial charge on any atom is 0.338 e. The lowest BCUT2D eigenvalue weighted by Crippen LogP contribution is -2.28. The Morgan fingerprint density at radius 3 is 1.96 bits per heavy atom. The van der Waals surface area contributed by atoms with Crippen molar-refractivity contribution in [1.82, 2.24) is 0 Å². The van der Waals surface area contributed by atoms with Gasteiger partial charge in [-0.1, -0.05) is 46.6 Å². The average molecular weight is 335 g/mol. The number of ether oxygens (including phenoxy) is 2. The molecule has 1 rings (SSSR count). The van der Waals surface area contributed by atoms with Crippen LogP contribution in [0.25, 0.3) is 0 Å². The van der Waals surface area contributed by atoms with Gasteiger partial charge in [0.15, 0.2) is 0 Å². The molecule has 0 N–H and O–H groups in total. The van der Waals surface area contributed by atoms with E-state index in [-0.39, 0.29) is 18.0 Å². The Labute approximate surface area is 147 Å². The number of hydrogen-bond donors (Lipinski definition) is 0. The van der Waals surface area contributed by atoms with E-state index in [2.05, 4.69) is 19.9 Å². The number of rotatable bonds is 11. The largest absolute Gasteiger partial charge is 0.456 e. The molecule has 24 heavy (non-hydrogen) atoms. The smallest absolute Gasteiger partial charge is 0.338 e. The molecule has 0 aliphatic rings. The van der Waals surface area contributed by atoms with E-state index in [4.69, 9.17) is 9.47 Å². The predicted molar refractivity (Wildman–Crippen MR) is 99.6 cm³/mol. The lowest BCUT2D eigenvalue weighted by atomic mass is 9.98. The van der Waals surface area contributed by atoms with Crippen LogP contribution < -0.4 is 0 Å². The number of methoxy groups -OCH3 is 1. The Morgan fingerprint density at radius 1 is 1.00 bits per heavy atom. The second-order valence-corrected chi connectivity index (χ2v) is 6.89. The zero-order valence-electron chi connectivity index (χ0n) is 16.1. The third kappa shape index (κ3) is 7.04. The van der Waals surface area contributed by atoms with Gasteiger partial charge in [-0.2, -0.15) is 0 Å². The molecule has 0 saturated carbocycles. The molecule has 0 heterocycles. The molecule has 0 fully saturated rings. The fourth-order valence-electron chi connectivity index (χ4n) is 2.66. The Bertz CT molecular complexity index is 468. The molecule has 1 atom stereocenters. The van der Waals surface area contributed by atoms with Gasteiger partial charge in [-0.05, 0) is 54.9 Å². The number of carbonyl (C=O) groups excluding carboxylic acids is 1. The van der Waals surface area contributed by atoms with Gasteiger partial charge in [0, 0.05) is 7.11 Å². The first-order valence-electron chi connectivity index (χ1n) is 9.34. The lowest BCUT2D eigenvalue weighted by molar-refractivity contribution is -0.0102. The number of hydrogen-bond acceptors (Lipinski definition) is 3. The van der Waals surface area contributed by atoms with Crippen LogP contribution in [0, 0.1) is 5.92 Å². The second kappa shape index (κ2) is 11.2. The third-order valence-electron chi connectivity index (χ3n) is 4.26. The fourth-order valence-corrected chi connectivity index (χ4v) is 2.66. The normalized spacial score (nSPS) is 12.4. The molecule has 0 spiro atoms. The summed E-state index contributed by atoms with van der Waals surface area (Å²) in [6.45, 7) is 8.90. The van der Waals surface area contributed by atoms with Crippen LogP contribution in [0.3, 0.4) is 0 Å². The van der Waals surface area contributed by atoms with E-state index in [1.54, 1.807) is 7.11 Å². The van der Waals surface area contributed by atoms with Gasteiger partial charge in [0.1, 0.15) is 6.10 Å². The third-order valence-corrected chi connectivity index (χ3v) is 4.26. The quantitative estimate of drug-likeness (QED) is 0.522. The van der Waals surface area contributed by atoms with Crippen molar-refractivity contribution in [2.45, 2.75) is 72.3 Å². The molecule has 0 bridgehead atoms. The summed E-state index contributed by atoms with van der Waals surface area (Å²) in [7, 11) is 1.64. The molecule has 0 radical (unpaired) electrons. The van der Waals surface area contributed by atoms with Crippen molar-refractivity contribution in [2.75, 3.05) is 13.7 Å². The highest BCUT2D eigenvalue weighted by Crippen LogP contribution is 2.18. The number of carbonyl (C=O) groups is 1. The first-order valence-corrected chi connectivity index (χ1v) is 9.34. The number of aryl methyl sites for hydroxylation is 2. The number of benzene rings is 1. The molecule has 1 aromatic carbocycles. The van der Waals surface area contributed by atoms with Gasteiger partial charge < -0.3 is 9.47 Å². The van der Waals surface area contributed by atoms with Crippen molar-refractivity contribution in [1.29, 1.82) is 0 Å². The topological polar surface area (TPSA) is 35.5 Å². The summed E-state index contributed by atoms with van der Waals surface area (Å²) in [6.07, 6.45) is 6.42. The predicted octanol–water partition coefficient (Wildman–Crippen LogP) is 5.20. The van der Waals surface area contributed by atoms with Crippen molar-refractivity contribution < 1.29 is 14.3 Å². The highest BCUT2D eigenvalue weighted by Gasteiger charge is 2.20. The molecule has 0 aromatic heterocycles. The van der Waals surface area contributed by atoms with E-state index >= 15 is 0 Å². The van der Waals surface area contributed by atoms with E-state index in [1.165, 1.54) is 11.1 Å². The van der Waals surface area contributed by atoms with Crippen LogP contribution in [-0.2, 0) is 22.3 Å². The van der Waals surface area contributed by atoms with Crippen LogP contribution in [-0.4, -0.2) is 25.8 Å². The second-order valence-electron chi connectivity index (χ2n) is 6.89. The van der Waals surface area contributed by atoms with Gasteiger partial charge in [0.2, 0.25) is 0 Å². The van der Waals surface area contributed by atoms with Crippen molar-refractivity contribution >= 4 is 5.97 Å². The zero-order valence-corrected chi connectivity index (χ0v) is 16.1. The molecule has 1 unspecified atom stereocenters. The van der Waals surface area contributed by atoms with Gasteiger partial charge in [0.05, 0.1) is 12.2 Å². The Hall–Kier alpha value is -1.35. The summed E-state index contributed by atoms with van der Waals surface area (Å²) < 4.78 is 10.9. The molecule has 0 saturated heterocycles. The van der Waals surface area contributed by atoms with Gasteiger partial charge in [-0.3, -0.25) is 0 Å². The molecule has 136 valence electrons. The molecular formula is C21H34O3. The minimum Gasteiger partial charge on any atom is -0.456 e. The Balaban J connectivity index is 2.94. The van der Waals surface area contributed by atoms with Crippen molar-refractivity contribution in [3.63, 3.8) is 0 Å². The first kappa shape index (κ1) is 20.7. The van der Waals surface area contributed by atoms with Crippen LogP contribution in [0.1, 0.15) is 74.9 Å². The van der Waals surface area contributed by atoms with Gasteiger partial charge >= 0.3 is 5.97 Å². The van der Waals surface area contributed by atoms with E-state index in [1.807, 2.05) is 26.0 Å². The molecule has 1 aromatic rings. The van der Waals surface area contributed by atoms with Gasteiger partial charge in [0.25, 0.3) is 0 Å². The minimum absolute atomic E-state index is 0.208. The first-order chi connectivity index (χ1) is 11.5. The number of unbranched alkanes of at least 4 members (excludes halogenated alkanes) is 2. The summed E-state index contributed by atoms with van der Waals surface area (Å²) in [5.41, 5.74) is 3.16. The van der Waals surface area contributed by atoms with E-state index in [0.29, 0.717) is 12.2 Å². The molecule has 3 nitrogen and oxygen atoms in total. The summed E-state index contributed by atoms with van der Waals surface area (Å²) >= 11 is 0. The van der Waals surface area contributed by atoms with E-state index < -0.39 is 0 Å². The molecule has 3 heteroatoms. The molecule has 0 amide bonds. The number of esters is 1. The summed E-state index contributed by atoms with van der Waals surface area (Å²) in [4.78, 5) is 12.6. The zero-order chi connectivity index (χ0) is 17.9. The van der Waals surface area contributed by atoms with Gasteiger partial charge in [-0.25, -0.2) is 4.79 Å². The van der Waals surface area contributed by atoms with Crippen molar-refractivity contribution in [2.24, 2.45) is 5.92 Å². The van der Waals surface area contributed by atoms with Crippen LogP contribution in [0.5, 0.6) is 0 Å². The summed E-state index contributed by atoms with van der Waals surface area (Å²) in [5.74, 6) is -0.00131. The highest BCUT2D eigenvalue weighted by atomic mass is 16.6. The van der Waals surface area contributed by atoms with Crippen LogP contribution in [0.2, 0.25) is 0 Å². The molecule has 0 aliphatic carbocycles. The van der Waals surface area contributed by atoms with Crippen LogP contribution in [0.4, 0.5) is 0 Å². The van der Waals surface area contributed by atoms with Crippen molar-refractivity contribution in [3.05, 3.63) is 34.9 Å².